The zero-order chi connectivity index (χ0) is 10.5. The van der Waals surface area contributed by atoms with E-state index in [0.29, 0.717) is 12.1 Å². The Bertz CT molecular complexity index is 207. The fourth-order valence-corrected chi connectivity index (χ4v) is 2.72. The molecule has 15 heavy (non-hydrogen) atoms. The maximum Gasteiger partial charge on any atom is 0.0572 e. The van der Waals surface area contributed by atoms with Gasteiger partial charge in [0.15, 0.2) is 0 Å². The van der Waals surface area contributed by atoms with E-state index in [1.165, 1.54) is 44.9 Å². The number of rotatable bonds is 3. The molecule has 0 heterocycles. The molecular weight excluding hydrogens is 186 g/mol. The molecule has 1 N–H and O–H groups in total. The van der Waals surface area contributed by atoms with Crippen LogP contribution < -0.4 is 5.32 Å². The Kier molecular flexibility index (Phi) is 4.21. The Morgan fingerprint density at radius 1 is 1.13 bits per heavy atom. The molecule has 1 atom stereocenters. The van der Waals surface area contributed by atoms with Gasteiger partial charge in [-0.25, -0.2) is 0 Å². The molecule has 1 unspecified atom stereocenters. The Hall–Kier alpha value is -0.340. The van der Waals surface area contributed by atoms with Crippen molar-refractivity contribution in [2.75, 3.05) is 7.11 Å². The molecule has 0 bridgehead atoms. The molecule has 0 saturated heterocycles. The molecule has 0 aromatic heterocycles. The van der Waals surface area contributed by atoms with Crippen LogP contribution in [0.1, 0.15) is 44.9 Å². The molecule has 0 radical (unpaired) electrons. The van der Waals surface area contributed by atoms with E-state index >= 15 is 0 Å². The second kappa shape index (κ2) is 5.66. The number of allylic oxidation sites excluding steroid dienone is 1. The van der Waals surface area contributed by atoms with Gasteiger partial charge in [-0.15, -0.1) is 0 Å². The summed E-state index contributed by atoms with van der Waals surface area (Å²) in [7, 11) is 1.84. The van der Waals surface area contributed by atoms with E-state index in [4.69, 9.17) is 4.74 Å². The third-order valence-corrected chi connectivity index (χ3v) is 3.71. The van der Waals surface area contributed by atoms with Gasteiger partial charge in [0.1, 0.15) is 0 Å². The SMILES string of the molecule is COC1CCC(NC2C=CCCC2)CC1. The normalized spacial score (nSPS) is 36.7. The van der Waals surface area contributed by atoms with Crippen LogP contribution in [0.25, 0.3) is 0 Å². The van der Waals surface area contributed by atoms with Gasteiger partial charge >= 0.3 is 0 Å². The van der Waals surface area contributed by atoms with Crippen molar-refractivity contribution in [3.8, 4) is 0 Å². The summed E-state index contributed by atoms with van der Waals surface area (Å²) in [4.78, 5) is 0. The van der Waals surface area contributed by atoms with Crippen molar-refractivity contribution in [1.29, 1.82) is 0 Å². The predicted octanol–water partition coefficient (Wildman–Crippen LogP) is 2.64. The van der Waals surface area contributed by atoms with Crippen LogP contribution in [0.15, 0.2) is 12.2 Å². The van der Waals surface area contributed by atoms with Crippen molar-refractivity contribution in [3.63, 3.8) is 0 Å². The van der Waals surface area contributed by atoms with Gasteiger partial charge in [-0.05, 0) is 44.9 Å². The molecule has 0 aromatic carbocycles. The first-order valence-corrected chi connectivity index (χ1v) is 6.34. The summed E-state index contributed by atoms with van der Waals surface area (Å²) in [6, 6.07) is 1.37. The van der Waals surface area contributed by atoms with E-state index in [1.54, 1.807) is 0 Å². The second-order valence-corrected chi connectivity index (χ2v) is 4.84. The molecule has 0 spiro atoms. The van der Waals surface area contributed by atoms with Gasteiger partial charge in [-0.2, -0.15) is 0 Å². The summed E-state index contributed by atoms with van der Waals surface area (Å²) in [5, 5.41) is 3.76. The standard InChI is InChI=1S/C13H23NO/c1-15-13-9-7-12(8-10-13)14-11-5-3-2-4-6-11/h3,5,11-14H,2,4,6-10H2,1H3. The minimum Gasteiger partial charge on any atom is -0.381 e. The molecule has 2 aliphatic carbocycles. The number of hydrogen-bond acceptors (Lipinski definition) is 2. The number of hydrogen-bond donors (Lipinski definition) is 1. The highest BCUT2D eigenvalue weighted by Crippen LogP contribution is 2.22. The molecule has 2 heteroatoms. The summed E-state index contributed by atoms with van der Waals surface area (Å²) >= 11 is 0. The first-order chi connectivity index (χ1) is 7.38. The monoisotopic (exact) mass is 209 g/mol. The number of methoxy groups -OCH3 is 1. The van der Waals surface area contributed by atoms with E-state index in [2.05, 4.69) is 17.5 Å². The minimum atomic E-state index is 0.518. The Morgan fingerprint density at radius 2 is 1.93 bits per heavy atom. The van der Waals surface area contributed by atoms with Crippen LogP contribution in [0, 0.1) is 0 Å². The van der Waals surface area contributed by atoms with E-state index in [1.807, 2.05) is 7.11 Å². The van der Waals surface area contributed by atoms with Gasteiger partial charge in [0, 0.05) is 19.2 Å². The highest BCUT2D eigenvalue weighted by atomic mass is 16.5. The summed E-state index contributed by atoms with van der Waals surface area (Å²) in [5.41, 5.74) is 0. The molecule has 0 aliphatic heterocycles. The highest BCUT2D eigenvalue weighted by Gasteiger charge is 2.22. The van der Waals surface area contributed by atoms with Crippen LogP contribution >= 0.6 is 0 Å². The van der Waals surface area contributed by atoms with Crippen LogP contribution in [0.3, 0.4) is 0 Å². The van der Waals surface area contributed by atoms with Crippen molar-refractivity contribution >= 4 is 0 Å². The van der Waals surface area contributed by atoms with Gasteiger partial charge in [0.25, 0.3) is 0 Å². The molecule has 1 saturated carbocycles. The van der Waals surface area contributed by atoms with E-state index in [9.17, 15) is 0 Å². The smallest absolute Gasteiger partial charge is 0.0572 e. The van der Waals surface area contributed by atoms with E-state index < -0.39 is 0 Å². The third-order valence-electron chi connectivity index (χ3n) is 3.71. The Labute approximate surface area is 93.1 Å². The summed E-state index contributed by atoms with van der Waals surface area (Å²) in [5.74, 6) is 0. The highest BCUT2D eigenvalue weighted by molar-refractivity contribution is 4.98. The van der Waals surface area contributed by atoms with E-state index in [-0.39, 0.29) is 0 Å². The number of nitrogens with one attached hydrogen (secondary N) is 1. The van der Waals surface area contributed by atoms with Gasteiger partial charge < -0.3 is 10.1 Å². The van der Waals surface area contributed by atoms with Gasteiger partial charge in [0.05, 0.1) is 6.10 Å². The lowest BCUT2D eigenvalue weighted by Crippen LogP contribution is -2.41. The van der Waals surface area contributed by atoms with Gasteiger partial charge in [-0.3, -0.25) is 0 Å². The Morgan fingerprint density at radius 3 is 2.53 bits per heavy atom. The lowest BCUT2D eigenvalue weighted by Gasteiger charge is -2.31. The largest absolute Gasteiger partial charge is 0.381 e. The topological polar surface area (TPSA) is 21.3 Å². The molecular formula is C13H23NO. The Balaban J connectivity index is 1.71. The van der Waals surface area contributed by atoms with Gasteiger partial charge in [0.2, 0.25) is 0 Å². The summed E-state index contributed by atoms with van der Waals surface area (Å²) in [6.07, 6.45) is 14.1. The molecule has 86 valence electrons. The average Bonchev–Trinajstić information content (AvgIpc) is 2.31. The minimum absolute atomic E-state index is 0.518. The van der Waals surface area contributed by atoms with Crippen LogP contribution in [0.4, 0.5) is 0 Å². The molecule has 0 aromatic rings. The van der Waals surface area contributed by atoms with Crippen LogP contribution in [0.2, 0.25) is 0 Å². The maximum atomic E-state index is 5.39. The molecule has 0 amide bonds. The zero-order valence-corrected chi connectivity index (χ0v) is 9.74. The fraction of sp³-hybridized carbons (Fsp3) is 0.846. The first kappa shape index (κ1) is 11.2. The lowest BCUT2D eigenvalue weighted by atomic mass is 9.91. The average molecular weight is 209 g/mol. The van der Waals surface area contributed by atoms with Crippen LogP contribution in [-0.4, -0.2) is 25.3 Å². The van der Waals surface area contributed by atoms with Gasteiger partial charge in [-0.1, -0.05) is 12.2 Å². The first-order valence-electron chi connectivity index (χ1n) is 6.34. The number of ether oxygens (including phenoxy) is 1. The summed E-state index contributed by atoms with van der Waals surface area (Å²) < 4.78 is 5.39. The molecule has 2 rings (SSSR count). The fourth-order valence-electron chi connectivity index (χ4n) is 2.72. The maximum absolute atomic E-state index is 5.39. The lowest BCUT2D eigenvalue weighted by molar-refractivity contribution is 0.0616. The van der Waals surface area contributed by atoms with Crippen molar-refractivity contribution in [1.82, 2.24) is 5.32 Å². The van der Waals surface area contributed by atoms with Crippen molar-refractivity contribution in [2.24, 2.45) is 0 Å². The molecule has 1 fully saturated rings. The van der Waals surface area contributed by atoms with Crippen LogP contribution in [0.5, 0.6) is 0 Å². The molecule has 2 aliphatic rings. The summed E-state index contributed by atoms with van der Waals surface area (Å²) in [6.45, 7) is 0. The zero-order valence-electron chi connectivity index (χ0n) is 9.74. The van der Waals surface area contributed by atoms with E-state index in [0.717, 1.165) is 6.04 Å². The predicted molar refractivity (Wildman–Crippen MR) is 63.0 cm³/mol. The van der Waals surface area contributed by atoms with Crippen molar-refractivity contribution < 1.29 is 4.74 Å². The quantitative estimate of drug-likeness (QED) is 0.721. The molecule has 2 nitrogen and oxygen atoms in total. The third kappa shape index (κ3) is 3.32. The van der Waals surface area contributed by atoms with Crippen molar-refractivity contribution in [2.45, 2.75) is 63.1 Å². The second-order valence-electron chi connectivity index (χ2n) is 4.84. The van der Waals surface area contributed by atoms with Crippen molar-refractivity contribution in [3.05, 3.63) is 12.2 Å². The van der Waals surface area contributed by atoms with Crippen LogP contribution in [-0.2, 0) is 4.74 Å².